The average Bonchev–Trinajstić information content (AvgIpc) is 2.73. The van der Waals surface area contributed by atoms with Gasteiger partial charge in [0.25, 0.3) is 0 Å². The molecule has 1 heterocycles. The summed E-state index contributed by atoms with van der Waals surface area (Å²) in [5, 5.41) is 2.55. The first-order valence-electron chi connectivity index (χ1n) is 4.73. The van der Waals surface area contributed by atoms with Crippen LogP contribution in [0.3, 0.4) is 0 Å². The van der Waals surface area contributed by atoms with Crippen LogP contribution in [0.1, 0.15) is 12.0 Å². The normalized spacial score (nSPS) is 23.5. The number of carbonyl (C=O) groups is 1. The molecule has 1 atom stereocenters. The second kappa shape index (κ2) is 4.14. The maximum atomic E-state index is 11.2. The van der Waals surface area contributed by atoms with E-state index in [1.165, 1.54) is 7.11 Å². The van der Waals surface area contributed by atoms with Crippen molar-refractivity contribution in [1.82, 2.24) is 0 Å². The van der Waals surface area contributed by atoms with Gasteiger partial charge in [-0.15, -0.1) is 0 Å². The second-order valence-electron chi connectivity index (χ2n) is 3.39. The number of methoxy groups -OCH3 is 1. The largest absolute Gasteiger partial charge is 0.464 e. The quantitative estimate of drug-likeness (QED) is 0.586. The molecule has 0 fully saturated rings. The smallest absolute Gasteiger partial charge is 0.356 e. The Morgan fingerprint density at radius 1 is 1.50 bits per heavy atom. The summed E-state index contributed by atoms with van der Waals surface area (Å²) in [5.74, 6) is -0.515. The molecule has 0 N–H and O–H groups in total. The van der Waals surface area contributed by atoms with E-state index in [0.717, 1.165) is 5.56 Å². The SMILES string of the molecule is COC(=O)C1=NOC(Cl)(c2ccccc2)C1. The predicted molar refractivity (Wildman–Crippen MR) is 59.1 cm³/mol. The minimum Gasteiger partial charge on any atom is -0.464 e. The first-order chi connectivity index (χ1) is 7.65. The van der Waals surface area contributed by atoms with E-state index in [1.54, 1.807) is 0 Å². The van der Waals surface area contributed by atoms with Gasteiger partial charge in [0.15, 0.2) is 5.71 Å². The van der Waals surface area contributed by atoms with Gasteiger partial charge in [0.05, 0.1) is 13.5 Å². The van der Waals surface area contributed by atoms with Gasteiger partial charge in [-0.05, 0) is 0 Å². The Morgan fingerprint density at radius 2 is 2.19 bits per heavy atom. The summed E-state index contributed by atoms with van der Waals surface area (Å²) in [4.78, 5) is 16.4. The van der Waals surface area contributed by atoms with Gasteiger partial charge in [-0.3, -0.25) is 0 Å². The van der Waals surface area contributed by atoms with Crippen LogP contribution in [-0.2, 0) is 19.4 Å². The van der Waals surface area contributed by atoms with Crippen LogP contribution in [-0.4, -0.2) is 18.8 Å². The van der Waals surface area contributed by atoms with Crippen LogP contribution in [0.25, 0.3) is 0 Å². The van der Waals surface area contributed by atoms with Crippen LogP contribution in [0.15, 0.2) is 35.5 Å². The Hall–Kier alpha value is -1.55. The molecular weight excluding hydrogens is 230 g/mol. The fourth-order valence-electron chi connectivity index (χ4n) is 1.48. The lowest BCUT2D eigenvalue weighted by atomic mass is 10.0. The van der Waals surface area contributed by atoms with Gasteiger partial charge in [0.2, 0.25) is 5.06 Å². The van der Waals surface area contributed by atoms with E-state index in [1.807, 2.05) is 30.3 Å². The maximum Gasteiger partial charge on any atom is 0.356 e. The van der Waals surface area contributed by atoms with Crippen molar-refractivity contribution in [3.63, 3.8) is 0 Å². The zero-order chi connectivity index (χ0) is 11.6. The molecule has 1 aliphatic heterocycles. The lowest BCUT2D eigenvalue weighted by Crippen LogP contribution is -2.22. The average molecular weight is 240 g/mol. The third kappa shape index (κ3) is 1.88. The number of hydrogen-bond donors (Lipinski definition) is 0. The van der Waals surface area contributed by atoms with E-state index in [9.17, 15) is 4.79 Å². The molecule has 0 saturated carbocycles. The molecule has 0 aromatic heterocycles. The fraction of sp³-hybridized carbons (Fsp3) is 0.273. The van der Waals surface area contributed by atoms with Crippen molar-refractivity contribution < 1.29 is 14.4 Å². The molecule has 16 heavy (non-hydrogen) atoms. The number of alkyl halides is 1. The van der Waals surface area contributed by atoms with E-state index in [0.29, 0.717) is 0 Å². The molecule has 0 radical (unpaired) electrons. The van der Waals surface area contributed by atoms with E-state index >= 15 is 0 Å². The molecule has 84 valence electrons. The molecule has 0 bridgehead atoms. The third-order valence-electron chi connectivity index (χ3n) is 2.32. The third-order valence-corrected chi connectivity index (χ3v) is 2.74. The summed E-state index contributed by atoms with van der Waals surface area (Å²) in [6.07, 6.45) is 0.200. The number of halogens is 1. The van der Waals surface area contributed by atoms with Gasteiger partial charge in [0.1, 0.15) is 0 Å². The van der Waals surface area contributed by atoms with Crippen molar-refractivity contribution in [3.05, 3.63) is 35.9 Å². The Morgan fingerprint density at radius 3 is 2.81 bits per heavy atom. The standard InChI is InChI=1S/C11H10ClNO3/c1-15-10(14)9-7-11(12,16-13-9)8-5-3-2-4-6-8/h2-6H,7H2,1H3. The highest BCUT2D eigenvalue weighted by Gasteiger charge is 2.41. The molecular formula is C11H10ClNO3. The Bertz CT molecular complexity index is 432. The summed E-state index contributed by atoms with van der Waals surface area (Å²) in [5.41, 5.74) is 0.959. The minimum atomic E-state index is -1.09. The number of esters is 1. The zero-order valence-electron chi connectivity index (χ0n) is 8.64. The van der Waals surface area contributed by atoms with Crippen LogP contribution in [0.5, 0.6) is 0 Å². The van der Waals surface area contributed by atoms with E-state index in [4.69, 9.17) is 16.4 Å². The fourth-order valence-corrected chi connectivity index (χ4v) is 1.76. The van der Waals surface area contributed by atoms with Crippen LogP contribution < -0.4 is 0 Å². The van der Waals surface area contributed by atoms with Gasteiger partial charge in [-0.2, -0.15) is 0 Å². The van der Waals surface area contributed by atoms with Gasteiger partial charge < -0.3 is 9.57 Å². The Balaban J connectivity index is 2.18. The van der Waals surface area contributed by atoms with Gasteiger partial charge in [-0.1, -0.05) is 47.1 Å². The first-order valence-corrected chi connectivity index (χ1v) is 5.11. The number of oxime groups is 1. The summed E-state index contributed by atoms with van der Waals surface area (Å²) in [6, 6.07) is 9.21. The van der Waals surface area contributed by atoms with Crippen molar-refractivity contribution in [3.8, 4) is 0 Å². The van der Waals surface area contributed by atoms with Gasteiger partial charge >= 0.3 is 5.97 Å². The number of rotatable bonds is 2. The highest BCUT2D eigenvalue weighted by Crippen LogP contribution is 2.38. The zero-order valence-corrected chi connectivity index (χ0v) is 9.40. The number of carbonyl (C=O) groups excluding carboxylic acids is 1. The van der Waals surface area contributed by atoms with Crippen LogP contribution in [0.2, 0.25) is 0 Å². The number of ether oxygens (including phenoxy) is 1. The summed E-state index contributed by atoms with van der Waals surface area (Å²) in [6.45, 7) is 0. The monoisotopic (exact) mass is 239 g/mol. The van der Waals surface area contributed by atoms with E-state index < -0.39 is 11.0 Å². The molecule has 4 nitrogen and oxygen atoms in total. The number of nitrogens with zero attached hydrogens (tertiary/aromatic N) is 1. The summed E-state index contributed by atoms with van der Waals surface area (Å²) < 4.78 is 4.55. The van der Waals surface area contributed by atoms with Crippen molar-refractivity contribution >= 4 is 23.3 Å². The Labute approximate surface area is 97.8 Å². The van der Waals surface area contributed by atoms with Gasteiger partial charge in [-0.25, -0.2) is 4.79 Å². The highest BCUT2D eigenvalue weighted by atomic mass is 35.5. The van der Waals surface area contributed by atoms with Crippen molar-refractivity contribution in [2.24, 2.45) is 5.16 Å². The van der Waals surface area contributed by atoms with Crippen LogP contribution in [0, 0.1) is 0 Å². The molecule has 0 spiro atoms. The lowest BCUT2D eigenvalue weighted by Gasteiger charge is -2.18. The number of hydrogen-bond acceptors (Lipinski definition) is 4. The van der Waals surface area contributed by atoms with Crippen molar-refractivity contribution in [2.45, 2.75) is 11.5 Å². The molecule has 1 unspecified atom stereocenters. The van der Waals surface area contributed by atoms with Crippen LogP contribution >= 0.6 is 11.6 Å². The molecule has 2 rings (SSSR count). The molecule has 1 aliphatic rings. The molecule has 0 saturated heterocycles. The van der Waals surface area contributed by atoms with E-state index in [-0.39, 0.29) is 12.1 Å². The van der Waals surface area contributed by atoms with Crippen molar-refractivity contribution in [2.75, 3.05) is 7.11 Å². The lowest BCUT2D eigenvalue weighted by molar-refractivity contribution is -0.132. The first kappa shape index (κ1) is 11.0. The molecule has 0 aliphatic carbocycles. The van der Waals surface area contributed by atoms with Gasteiger partial charge in [0, 0.05) is 5.56 Å². The summed E-state index contributed by atoms with van der Waals surface area (Å²) in [7, 11) is 1.29. The molecule has 1 aromatic rings. The van der Waals surface area contributed by atoms with Crippen molar-refractivity contribution in [1.29, 1.82) is 0 Å². The number of benzene rings is 1. The molecule has 5 heteroatoms. The minimum absolute atomic E-state index is 0.196. The van der Waals surface area contributed by atoms with E-state index in [2.05, 4.69) is 9.89 Å². The summed E-state index contributed by atoms with van der Waals surface area (Å²) >= 11 is 6.25. The maximum absolute atomic E-state index is 11.2. The second-order valence-corrected chi connectivity index (χ2v) is 4.00. The predicted octanol–water partition coefficient (Wildman–Crippen LogP) is 2.03. The highest BCUT2D eigenvalue weighted by molar-refractivity contribution is 6.39. The van der Waals surface area contributed by atoms with Crippen LogP contribution in [0.4, 0.5) is 0 Å². The molecule has 0 amide bonds. The molecule has 1 aromatic carbocycles. The topological polar surface area (TPSA) is 47.9 Å². The Kier molecular flexibility index (Phi) is 2.83.